The van der Waals surface area contributed by atoms with Crippen molar-refractivity contribution in [2.45, 2.75) is 25.5 Å². The van der Waals surface area contributed by atoms with Crippen molar-refractivity contribution in [2.75, 3.05) is 44.8 Å². The van der Waals surface area contributed by atoms with Crippen molar-refractivity contribution in [1.29, 1.82) is 0 Å². The lowest BCUT2D eigenvalue weighted by atomic mass is 9.94. The van der Waals surface area contributed by atoms with Crippen molar-refractivity contribution in [3.8, 4) is 0 Å². The topological polar surface area (TPSA) is 59.5 Å². The van der Waals surface area contributed by atoms with Crippen LogP contribution in [0.1, 0.15) is 17.7 Å². The molecule has 2 aliphatic heterocycles. The third kappa shape index (κ3) is 4.83. The Hall–Kier alpha value is -2.02. The Morgan fingerprint density at radius 1 is 1.19 bits per heavy atom. The first-order valence-corrected chi connectivity index (χ1v) is 9.73. The van der Waals surface area contributed by atoms with Crippen LogP contribution in [0.2, 0.25) is 0 Å². The Morgan fingerprint density at radius 3 is 2.89 bits per heavy atom. The van der Waals surface area contributed by atoms with Crippen molar-refractivity contribution in [2.24, 2.45) is 5.92 Å². The summed E-state index contributed by atoms with van der Waals surface area (Å²) in [6.07, 6.45) is 1.00. The van der Waals surface area contributed by atoms with Crippen molar-refractivity contribution in [1.82, 2.24) is 15.1 Å². The predicted molar refractivity (Wildman–Crippen MR) is 105 cm³/mol. The van der Waals surface area contributed by atoms with Gasteiger partial charge in [-0.15, -0.1) is 5.10 Å². The van der Waals surface area contributed by atoms with E-state index in [1.807, 2.05) is 19.1 Å². The first-order chi connectivity index (χ1) is 13.2. The number of aromatic nitrogens is 2. The van der Waals surface area contributed by atoms with E-state index in [4.69, 9.17) is 9.47 Å². The van der Waals surface area contributed by atoms with Gasteiger partial charge in [0.1, 0.15) is 11.4 Å². The summed E-state index contributed by atoms with van der Waals surface area (Å²) in [7, 11) is 0. The van der Waals surface area contributed by atoms with Crippen LogP contribution in [0, 0.1) is 12.8 Å². The van der Waals surface area contributed by atoms with E-state index in [1.54, 1.807) is 0 Å². The van der Waals surface area contributed by atoms with Crippen molar-refractivity contribution in [3.05, 3.63) is 53.7 Å². The summed E-state index contributed by atoms with van der Waals surface area (Å²) in [6, 6.07) is 14.6. The summed E-state index contributed by atoms with van der Waals surface area (Å²) in [5.41, 5.74) is 2.07. The third-order valence-corrected chi connectivity index (χ3v) is 5.33. The molecule has 1 aromatic heterocycles. The van der Waals surface area contributed by atoms with Crippen LogP contribution in [-0.4, -0.2) is 60.2 Å². The van der Waals surface area contributed by atoms with Gasteiger partial charge in [0.25, 0.3) is 0 Å². The highest BCUT2D eigenvalue weighted by Crippen LogP contribution is 2.33. The third-order valence-electron chi connectivity index (χ3n) is 5.33. The van der Waals surface area contributed by atoms with E-state index in [1.165, 1.54) is 5.56 Å². The molecular formula is C21H28N4O2. The van der Waals surface area contributed by atoms with Crippen molar-refractivity contribution >= 4 is 5.82 Å². The number of anilines is 1. The molecule has 1 spiro atoms. The number of benzene rings is 1. The zero-order valence-electron chi connectivity index (χ0n) is 15.9. The Bertz CT molecular complexity index is 725. The van der Waals surface area contributed by atoms with Gasteiger partial charge in [-0.25, -0.2) is 0 Å². The number of hydrogen-bond donors (Lipinski definition) is 1. The maximum absolute atomic E-state index is 6.31. The molecule has 2 unspecified atom stereocenters. The molecular weight excluding hydrogens is 340 g/mol. The summed E-state index contributed by atoms with van der Waals surface area (Å²) in [5, 5.41) is 11.7. The average Bonchev–Trinajstić information content (AvgIpc) is 2.97. The van der Waals surface area contributed by atoms with Gasteiger partial charge in [0, 0.05) is 32.1 Å². The molecule has 0 bridgehead atoms. The number of ether oxygens (including phenoxy) is 2. The minimum atomic E-state index is -0.198. The van der Waals surface area contributed by atoms with E-state index < -0.39 is 0 Å². The van der Waals surface area contributed by atoms with Crippen LogP contribution in [0.5, 0.6) is 0 Å². The fourth-order valence-electron chi connectivity index (χ4n) is 3.98. The van der Waals surface area contributed by atoms with Crippen LogP contribution in [-0.2, 0) is 16.0 Å². The van der Waals surface area contributed by atoms with Gasteiger partial charge in [0.15, 0.2) is 0 Å². The molecule has 6 nitrogen and oxygen atoms in total. The molecule has 0 amide bonds. The zero-order valence-corrected chi connectivity index (χ0v) is 15.9. The van der Waals surface area contributed by atoms with E-state index in [9.17, 15) is 0 Å². The second kappa shape index (κ2) is 8.33. The number of rotatable bonds is 5. The molecule has 27 heavy (non-hydrogen) atoms. The summed E-state index contributed by atoms with van der Waals surface area (Å²) < 4.78 is 12.2. The van der Waals surface area contributed by atoms with E-state index >= 15 is 0 Å². The van der Waals surface area contributed by atoms with Crippen molar-refractivity contribution < 1.29 is 9.47 Å². The molecule has 1 aromatic carbocycles. The van der Waals surface area contributed by atoms with Gasteiger partial charge in [-0.3, -0.25) is 4.90 Å². The van der Waals surface area contributed by atoms with Crippen LogP contribution in [0.4, 0.5) is 5.82 Å². The summed E-state index contributed by atoms with van der Waals surface area (Å²) in [4.78, 5) is 2.46. The number of nitrogens with one attached hydrogen (secondary N) is 1. The maximum atomic E-state index is 6.31. The molecule has 144 valence electrons. The van der Waals surface area contributed by atoms with Gasteiger partial charge < -0.3 is 14.8 Å². The minimum absolute atomic E-state index is 0.198. The Morgan fingerprint density at radius 2 is 2.07 bits per heavy atom. The minimum Gasteiger partial charge on any atom is -0.377 e. The van der Waals surface area contributed by atoms with Crippen molar-refractivity contribution in [3.63, 3.8) is 0 Å². The lowest BCUT2D eigenvalue weighted by molar-refractivity contribution is -0.0562. The first-order valence-electron chi connectivity index (χ1n) is 9.73. The lowest BCUT2D eigenvalue weighted by Gasteiger charge is -2.31. The van der Waals surface area contributed by atoms with Crippen LogP contribution < -0.4 is 5.32 Å². The van der Waals surface area contributed by atoms with E-state index in [0.717, 1.165) is 57.3 Å². The molecule has 1 N–H and O–H groups in total. The molecule has 2 aliphatic rings. The summed E-state index contributed by atoms with van der Waals surface area (Å²) in [5.74, 6) is 1.28. The summed E-state index contributed by atoms with van der Waals surface area (Å²) >= 11 is 0. The van der Waals surface area contributed by atoms with Gasteiger partial charge in [0.05, 0.1) is 25.5 Å². The highest BCUT2D eigenvalue weighted by Gasteiger charge is 2.43. The molecule has 4 rings (SSSR count). The highest BCUT2D eigenvalue weighted by molar-refractivity contribution is 5.32. The number of hydrogen-bond acceptors (Lipinski definition) is 6. The van der Waals surface area contributed by atoms with E-state index in [2.05, 4.69) is 50.7 Å². The fraction of sp³-hybridized carbons (Fsp3) is 0.524. The Balaban J connectivity index is 1.34. The summed E-state index contributed by atoms with van der Waals surface area (Å²) in [6.45, 7) is 7.80. The Kier molecular flexibility index (Phi) is 5.66. The van der Waals surface area contributed by atoms with Gasteiger partial charge in [-0.2, -0.15) is 5.10 Å². The van der Waals surface area contributed by atoms with Crippen LogP contribution in [0.15, 0.2) is 42.5 Å². The van der Waals surface area contributed by atoms with Gasteiger partial charge >= 0.3 is 0 Å². The lowest BCUT2D eigenvalue weighted by Crippen LogP contribution is -2.43. The van der Waals surface area contributed by atoms with Gasteiger partial charge in [-0.05, 0) is 31.0 Å². The molecule has 0 radical (unpaired) electrons. The zero-order chi connectivity index (χ0) is 18.5. The average molecular weight is 368 g/mol. The molecule has 6 heteroatoms. The smallest absolute Gasteiger partial charge is 0.148 e. The van der Waals surface area contributed by atoms with Crippen LogP contribution in [0.3, 0.4) is 0 Å². The quantitative estimate of drug-likeness (QED) is 0.875. The largest absolute Gasteiger partial charge is 0.377 e. The Labute approximate surface area is 160 Å². The molecule has 0 aliphatic carbocycles. The fourth-order valence-corrected chi connectivity index (χ4v) is 3.98. The molecule has 2 fully saturated rings. The monoisotopic (exact) mass is 368 g/mol. The second-order valence-corrected chi connectivity index (χ2v) is 7.75. The van der Waals surface area contributed by atoms with Gasteiger partial charge in [-0.1, -0.05) is 30.3 Å². The number of aryl methyl sites for hydroxylation is 1. The molecule has 2 atom stereocenters. The standard InChI is InChI=1S/C21H28N4O2/c1-17-7-8-20(24-23-17)22-12-19-11-21(27-14-19)15-25(9-10-26-16-21)13-18-5-3-2-4-6-18/h2-8,19H,9-16H2,1H3,(H,22,24). The SMILES string of the molecule is Cc1ccc(NCC2COC3(COCCN(Cc4ccccc4)C3)C2)nn1. The normalized spacial score (nSPS) is 26.2. The van der Waals surface area contributed by atoms with Crippen LogP contribution >= 0.6 is 0 Å². The van der Waals surface area contributed by atoms with E-state index in [-0.39, 0.29) is 5.60 Å². The second-order valence-electron chi connectivity index (χ2n) is 7.75. The highest BCUT2D eigenvalue weighted by atomic mass is 16.5. The molecule has 0 saturated carbocycles. The molecule has 2 aromatic rings. The predicted octanol–water partition coefficient (Wildman–Crippen LogP) is 2.50. The molecule has 2 saturated heterocycles. The van der Waals surface area contributed by atoms with E-state index in [0.29, 0.717) is 12.5 Å². The van der Waals surface area contributed by atoms with Gasteiger partial charge in [0.2, 0.25) is 0 Å². The first kappa shape index (κ1) is 18.3. The van der Waals surface area contributed by atoms with Crippen LogP contribution in [0.25, 0.3) is 0 Å². The number of nitrogens with zero attached hydrogens (tertiary/aromatic N) is 3. The molecule has 3 heterocycles. The maximum Gasteiger partial charge on any atom is 0.148 e.